The third kappa shape index (κ3) is 4.48. The van der Waals surface area contributed by atoms with Crippen LogP contribution in [-0.2, 0) is 19.1 Å². The van der Waals surface area contributed by atoms with Crippen molar-refractivity contribution in [3.8, 4) is 11.8 Å². The highest BCUT2D eigenvalue weighted by Crippen LogP contribution is 2.24. The summed E-state index contributed by atoms with van der Waals surface area (Å²) in [4.78, 5) is 24.3. The fraction of sp³-hybridized carbons (Fsp3) is 0.150. The van der Waals surface area contributed by atoms with Gasteiger partial charge in [0.1, 0.15) is 11.3 Å². The van der Waals surface area contributed by atoms with Gasteiger partial charge in [-0.05, 0) is 29.3 Å². The summed E-state index contributed by atoms with van der Waals surface area (Å²) >= 11 is 0. The fourth-order valence-electron chi connectivity index (χ4n) is 2.27. The zero-order valence-electron chi connectivity index (χ0n) is 14.3. The van der Waals surface area contributed by atoms with Crippen molar-refractivity contribution >= 4 is 17.5 Å². The summed E-state index contributed by atoms with van der Waals surface area (Å²) in [5.41, 5.74) is 1.03. The van der Waals surface area contributed by atoms with Crippen LogP contribution in [0, 0.1) is 11.3 Å². The molecule has 0 aliphatic carbocycles. The highest BCUT2D eigenvalue weighted by Gasteiger charge is 2.24. The Hall–Kier alpha value is -3.59. The average molecular weight is 351 g/mol. The van der Waals surface area contributed by atoms with Gasteiger partial charge >= 0.3 is 11.9 Å². The molecular formula is C20H17NO5. The van der Waals surface area contributed by atoms with Crippen molar-refractivity contribution in [2.75, 3.05) is 14.2 Å². The van der Waals surface area contributed by atoms with E-state index in [1.54, 1.807) is 54.6 Å². The topological polar surface area (TPSA) is 85.6 Å². The second kappa shape index (κ2) is 9.04. The quantitative estimate of drug-likeness (QED) is 0.344. The van der Waals surface area contributed by atoms with Crippen LogP contribution in [0.2, 0.25) is 0 Å². The maximum absolute atomic E-state index is 12.4. The Morgan fingerprint density at radius 3 is 2.42 bits per heavy atom. The van der Waals surface area contributed by atoms with Crippen molar-refractivity contribution in [2.24, 2.45) is 0 Å². The van der Waals surface area contributed by atoms with E-state index in [1.807, 2.05) is 6.07 Å². The molecule has 1 unspecified atom stereocenters. The van der Waals surface area contributed by atoms with Crippen LogP contribution in [0.1, 0.15) is 17.0 Å². The molecule has 2 aromatic rings. The lowest BCUT2D eigenvalue weighted by Gasteiger charge is -2.12. The lowest BCUT2D eigenvalue weighted by molar-refractivity contribution is -0.135. The monoisotopic (exact) mass is 351 g/mol. The molecule has 6 nitrogen and oxygen atoms in total. The number of hydrogen-bond acceptors (Lipinski definition) is 6. The number of ether oxygens (including phenoxy) is 3. The Morgan fingerprint density at radius 2 is 1.81 bits per heavy atom. The van der Waals surface area contributed by atoms with Gasteiger partial charge in [0.05, 0.1) is 26.6 Å². The van der Waals surface area contributed by atoms with Crippen LogP contribution in [-0.4, -0.2) is 26.2 Å². The molecular weight excluding hydrogens is 334 g/mol. The summed E-state index contributed by atoms with van der Waals surface area (Å²) in [6.45, 7) is 0. The highest BCUT2D eigenvalue weighted by molar-refractivity contribution is 6.16. The van der Waals surface area contributed by atoms with E-state index in [0.29, 0.717) is 16.9 Å². The Morgan fingerprint density at radius 1 is 1.08 bits per heavy atom. The van der Waals surface area contributed by atoms with Gasteiger partial charge in [0.25, 0.3) is 0 Å². The van der Waals surface area contributed by atoms with Crippen molar-refractivity contribution in [1.29, 1.82) is 5.26 Å². The maximum atomic E-state index is 12.4. The van der Waals surface area contributed by atoms with Crippen LogP contribution >= 0.6 is 0 Å². The number of nitriles is 1. The van der Waals surface area contributed by atoms with E-state index in [0.717, 1.165) is 0 Å². The SMILES string of the molecule is COC=C(C(=O)OC)c1cccc(C(C#N)C(=O)Oc2ccccc2)c1. The third-order valence-electron chi connectivity index (χ3n) is 3.50. The van der Waals surface area contributed by atoms with Crippen LogP contribution in [0.3, 0.4) is 0 Å². The van der Waals surface area contributed by atoms with Gasteiger partial charge in [-0.25, -0.2) is 9.59 Å². The number of esters is 2. The van der Waals surface area contributed by atoms with Crippen LogP contribution < -0.4 is 4.74 Å². The van der Waals surface area contributed by atoms with Gasteiger partial charge in [-0.3, -0.25) is 0 Å². The van der Waals surface area contributed by atoms with E-state index in [1.165, 1.54) is 20.5 Å². The van der Waals surface area contributed by atoms with Gasteiger partial charge in [-0.1, -0.05) is 36.4 Å². The summed E-state index contributed by atoms with van der Waals surface area (Å²) in [6, 6.07) is 16.9. The summed E-state index contributed by atoms with van der Waals surface area (Å²) in [5.74, 6) is -2.09. The molecule has 0 aliphatic rings. The Kier molecular flexibility index (Phi) is 6.52. The first-order valence-corrected chi connectivity index (χ1v) is 7.68. The highest BCUT2D eigenvalue weighted by atomic mass is 16.5. The molecule has 0 saturated heterocycles. The van der Waals surface area contributed by atoms with Gasteiger partial charge in [0.15, 0.2) is 5.92 Å². The predicted octanol–water partition coefficient (Wildman–Crippen LogP) is 3.06. The first-order valence-electron chi connectivity index (χ1n) is 7.68. The Bertz CT molecular complexity index is 852. The molecule has 0 amide bonds. The minimum atomic E-state index is -1.14. The van der Waals surface area contributed by atoms with Crippen molar-refractivity contribution in [1.82, 2.24) is 0 Å². The van der Waals surface area contributed by atoms with Crippen molar-refractivity contribution in [3.05, 3.63) is 72.0 Å². The van der Waals surface area contributed by atoms with E-state index in [9.17, 15) is 14.9 Å². The van der Waals surface area contributed by atoms with Gasteiger partial charge in [-0.2, -0.15) is 5.26 Å². The maximum Gasteiger partial charge on any atom is 0.341 e. The van der Waals surface area contributed by atoms with Crippen LogP contribution in [0.25, 0.3) is 5.57 Å². The predicted molar refractivity (Wildman–Crippen MR) is 93.9 cm³/mol. The average Bonchev–Trinajstić information content (AvgIpc) is 2.67. The first kappa shape index (κ1) is 18.7. The molecule has 0 fully saturated rings. The zero-order chi connectivity index (χ0) is 18.9. The molecule has 0 aromatic heterocycles. The lowest BCUT2D eigenvalue weighted by Crippen LogP contribution is -2.17. The third-order valence-corrected chi connectivity index (χ3v) is 3.50. The first-order chi connectivity index (χ1) is 12.6. The number of para-hydroxylation sites is 1. The normalized spacial score (nSPS) is 11.8. The molecule has 0 bridgehead atoms. The minimum absolute atomic E-state index is 0.171. The van der Waals surface area contributed by atoms with Crippen LogP contribution in [0.5, 0.6) is 5.75 Å². The van der Waals surface area contributed by atoms with E-state index in [2.05, 4.69) is 0 Å². The zero-order valence-corrected chi connectivity index (χ0v) is 14.3. The molecule has 6 heteroatoms. The van der Waals surface area contributed by atoms with Crippen molar-refractivity contribution < 1.29 is 23.8 Å². The fourth-order valence-corrected chi connectivity index (χ4v) is 2.27. The molecule has 0 aliphatic heterocycles. The van der Waals surface area contributed by atoms with Gasteiger partial charge < -0.3 is 14.2 Å². The van der Waals surface area contributed by atoms with E-state index < -0.39 is 17.9 Å². The van der Waals surface area contributed by atoms with Gasteiger partial charge in [0, 0.05) is 0 Å². The van der Waals surface area contributed by atoms with E-state index >= 15 is 0 Å². The molecule has 0 saturated carbocycles. The molecule has 2 aromatic carbocycles. The standard InChI is InChI=1S/C20H17NO5/c1-24-13-18(19(22)25-2)15-8-6-7-14(11-15)17(12-21)20(23)26-16-9-4-3-5-10-16/h3-11,13,17H,1-2H3. The van der Waals surface area contributed by atoms with Crippen molar-refractivity contribution in [2.45, 2.75) is 5.92 Å². The molecule has 0 spiro atoms. The Balaban J connectivity index is 2.31. The number of benzene rings is 2. The molecule has 1 atom stereocenters. The molecule has 132 valence electrons. The second-order valence-electron chi connectivity index (χ2n) is 5.18. The number of carbonyl (C=O) groups is 2. The number of carbonyl (C=O) groups excluding carboxylic acids is 2. The molecule has 2 rings (SSSR count). The van der Waals surface area contributed by atoms with Crippen LogP contribution in [0.4, 0.5) is 0 Å². The second-order valence-corrected chi connectivity index (χ2v) is 5.18. The Labute approximate surface area is 151 Å². The minimum Gasteiger partial charge on any atom is -0.503 e. The lowest BCUT2D eigenvalue weighted by atomic mass is 9.96. The summed E-state index contributed by atoms with van der Waals surface area (Å²) in [5, 5.41) is 9.43. The molecule has 0 heterocycles. The molecule has 0 N–H and O–H groups in total. The van der Waals surface area contributed by atoms with E-state index in [-0.39, 0.29) is 5.57 Å². The number of nitrogens with zero attached hydrogens (tertiary/aromatic N) is 1. The van der Waals surface area contributed by atoms with Gasteiger partial charge in [-0.15, -0.1) is 0 Å². The van der Waals surface area contributed by atoms with Crippen molar-refractivity contribution in [3.63, 3.8) is 0 Å². The summed E-state index contributed by atoms with van der Waals surface area (Å²) in [7, 11) is 2.66. The number of methoxy groups -OCH3 is 2. The largest absolute Gasteiger partial charge is 0.503 e. The summed E-state index contributed by atoms with van der Waals surface area (Å²) < 4.78 is 14.9. The van der Waals surface area contributed by atoms with Crippen LogP contribution in [0.15, 0.2) is 60.9 Å². The molecule has 0 radical (unpaired) electrons. The number of rotatable bonds is 6. The smallest absolute Gasteiger partial charge is 0.341 e. The van der Waals surface area contributed by atoms with Gasteiger partial charge in [0.2, 0.25) is 0 Å². The molecule has 26 heavy (non-hydrogen) atoms. The van der Waals surface area contributed by atoms with E-state index in [4.69, 9.17) is 14.2 Å². The number of hydrogen-bond donors (Lipinski definition) is 0. The summed E-state index contributed by atoms with van der Waals surface area (Å²) in [6.07, 6.45) is 1.24.